The smallest absolute Gasteiger partial charge is 0.240 e. The Balaban J connectivity index is 1.72. The highest BCUT2D eigenvalue weighted by molar-refractivity contribution is 8.01. The van der Waals surface area contributed by atoms with E-state index in [1.54, 1.807) is 0 Å². The molecule has 0 bridgehead atoms. The highest BCUT2D eigenvalue weighted by atomic mass is 32.2. The van der Waals surface area contributed by atoms with Crippen molar-refractivity contribution in [3.8, 4) is 0 Å². The molecular formula is C18H24N4O2S2. The molecule has 2 aromatic rings. The van der Waals surface area contributed by atoms with Gasteiger partial charge in [0.15, 0.2) is 4.34 Å². The summed E-state index contributed by atoms with van der Waals surface area (Å²) in [5.41, 5.74) is 0.990. The van der Waals surface area contributed by atoms with Gasteiger partial charge in [-0.25, -0.2) is 0 Å². The molecule has 1 aromatic heterocycles. The van der Waals surface area contributed by atoms with Gasteiger partial charge in [-0.15, -0.1) is 10.2 Å². The molecule has 1 N–H and O–H groups in total. The number of carbonyl (C=O) groups excluding carboxylic acids is 1. The van der Waals surface area contributed by atoms with Crippen LogP contribution in [0.2, 0.25) is 0 Å². The van der Waals surface area contributed by atoms with Crippen molar-refractivity contribution >= 4 is 34.1 Å². The minimum absolute atomic E-state index is 0.111. The number of ether oxygens (including phenoxy) is 1. The first kappa shape index (κ1) is 19.1. The molecule has 0 spiro atoms. The Kier molecular flexibility index (Phi) is 7.28. The normalized spacial score (nSPS) is 15.7. The zero-order chi connectivity index (χ0) is 18.2. The lowest BCUT2D eigenvalue weighted by molar-refractivity contribution is -0.134. The second-order valence-electron chi connectivity index (χ2n) is 6.00. The summed E-state index contributed by atoms with van der Waals surface area (Å²) in [5.74, 6) is 0.111. The van der Waals surface area contributed by atoms with Crippen LogP contribution in [0.25, 0.3) is 0 Å². The molecular weight excluding hydrogens is 368 g/mol. The standard InChI is InChI=1S/C18H24N4O2S2/c1-2-3-9-19-17-20-21-18(26-17)25-15(14-7-5-4-6-8-14)16(23)22-10-12-24-13-11-22/h4-8,15H,2-3,9-13H2,1H3,(H,19,20). The predicted octanol–water partition coefficient (Wildman–Crippen LogP) is 3.44. The number of unbranched alkanes of at least 4 members (excludes halogenated alkanes) is 1. The van der Waals surface area contributed by atoms with Gasteiger partial charge in [0.25, 0.3) is 0 Å². The maximum Gasteiger partial charge on any atom is 0.240 e. The number of carbonyl (C=O) groups is 1. The predicted molar refractivity (Wildman–Crippen MR) is 106 cm³/mol. The van der Waals surface area contributed by atoms with Crippen molar-refractivity contribution in [3.63, 3.8) is 0 Å². The molecule has 1 amide bonds. The Morgan fingerprint density at radius 2 is 2.08 bits per heavy atom. The molecule has 0 radical (unpaired) electrons. The van der Waals surface area contributed by atoms with E-state index in [4.69, 9.17) is 4.74 Å². The van der Waals surface area contributed by atoms with Crippen LogP contribution in [0.15, 0.2) is 34.7 Å². The van der Waals surface area contributed by atoms with Gasteiger partial charge in [0.1, 0.15) is 5.25 Å². The van der Waals surface area contributed by atoms with Crippen LogP contribution in [-0.4, -0.2) is 53.9 Å². The largest absolute Gasteiger partial charge is 0.378 e. The minimum atomic E-state index is -0.314. The Hall–Kier alpha value is -1.64. The van der Waals surface area contributed by atoms with E-state index in [0.29, 0.717) is 26.3 Å². The molecule has 0 saturated carbocycles. The van der Waals surface area contributed by atoms with Crippen LogP contribution in [0.3, 0.4) is 0 Å². The molecule has 1 saturated heterocycles. The third kappa shape index (κ3) is 5.18. The number of rotatable bonds is 8. The molecule has 1 fully saturated rings. The molecule has 3 rings (SSSR count). The number of aromatic nitrogens is 2. The first-order valence-electron chi connectivity index (χ1n) is 8.93. The lowest BCUT2D eigenvalue weighted by atomic mass is 10.1. The maximum absolute atomic E-state index is 13.1. The van der Waals surface area contributed by atoms with Crippen molar-refractivity contribution < 1.29 is 9.53 Å². The summed E-state index contributed by atoms with van der Waals surface area (Å²) >= 11 is 2.98. The number of hydrogen-bond donors (Lipinski definition) is 1. The van der Waals surface area contributed by atoms with Crippen LogP contribution in [-0.2, 0) is 9.53 Å². The zero-order valence-corrected chi connectivity index (χ0v) is 16.5. The van der Waals surface area contributed by atoms with Gasteiger partial charge in [-0.2, -0.15) is 0 Å². The van der Waals surface area contributed by atoms with Gasteiger partial charge in [0.2, 0.25) is 11.0 Å². The van der Waals surface area contributed by atoms with Crippen LogP contribution in [0.4, 0.5) is 5.13 Å². The van der Waals surface area contributed by atoms with Crippen LogP contribution >= 0.6 is 23.1 Å². The minimum Gasteiger partial charge on any atom is -0.378 e. The van der Waals surface area contributed by atoms with Gasteiger partial charge in [-0.05, 0) is 12.0 Å². The molecule has 1 aliphatic rings. The summed E-state index contributed by atoms with van der Waals surface area (Å²) in [6.45, 7) is 5.53. The van der Waals surface area contributed by atoms with Crippen molar-refractivity contribution in [1.29, 1.82) is 0 Å². The fourth-order valence-electron chi connectivity index (χ4n) is 2.64. The van der Waals surface area contributed by atoms with E-state index in [-0.39, 0.29) is 11.2 Å². The first-order valence-corrected chi connectivity index (χ1v) is 10.6. The third-order valence-corrected chi connectivity index (χ3v) is 6.29. The lowest BCUT2D eigenvalue weighted by Gasteiger charge is -2.30. The van der Waals surface area contributed by atoms with E-state index in [1.807, 2.05) is 35.2 Å². The quantitative estimate of drug-likeness (QED) is 0.548. The summed E-state index contributed by atoms with van der Waals surface area (Å²) < 4.78 is 6.18. The van der Waals surface area contributed by atoms with Gasteiger partial charge in [-0.3, -0.25) is 4.79 Å². The van der Waals surface area contributed by atoms with Crippen molar-refractivity contribution in [2.24, 2.45) is 0 Å². The monoisotopic (exact) mass is 392 g/mol. The van der Waals surface area contributed by atoms with Gasteiger partial charge in [0.05, 0.1) is 13.2 Å². The fraction of sp³-hybridized carbons (Fsp3) is 0.500. The van der Waals surface area contributed by atoms with Gasteiger partial charge in [0, 0.05) is 19.6 Å². The highest BCUT2D eigenvalue weighted by Crippen LogP contribution is 2.39. The van der Waals surface area contributed by atoms with E-state index >= 15 is 0 Å². The van der Waals surface area contributed by atoms with Crippen molar-refractivity contribution in [3.05, 3.63) is 35.9 Å². The molecule has 140 valence electrons. The van der Waals surface area contributed by atoms with Gasteiger partial charge in [-0.1, -0.05) is 66.8 Å². The zero-order valence-electron chi connectivity index (χ0n) is 14.9. The first-order chi connectivity index (χ1) is 12.8. The molecule has 1 aliphatic heterocycles. The Bertz CT molecular complexity index is 690. The number of morpholine rings is 1. The highest BCUT2D eigenvalue weighted by Gasteiger charge is 2.29. The molecule has 26 heavy (non-hydrogen) atoms. The summed E-state index contributed by atoms with van der Waals surface area (Å²) in [6, 6.07) is 9.89. The van der Waals surface area contributed by atoms with Crippen LogP contribution in [0.1, 0.15) is 30.6 Å². The van der Waals surface area contributed by atoms with Crippen molar-refractivity contribution in [2.45, 2.75) is 29.4 Å². The SMILES string of the molecule is CCCCNc1nnc(SC(C(=O)N2CCOCC2)c2ccccc2)s1. The van der Waals surface area contributed by atoms with E-state index in [0.717, 1.165) is 34.4 Å². The number of amides is 1. The van der Waals surface area contributed by atoms with Crippen molar-refractivity contribution in [1.82, 2.24) is 15.1 Å². The Labute approximate surface area is 162 Å². The van der Waals surface area contributed by atoms with Crippen molar-refractivity contribution in [2.75, 3.05) is 38.2 Å². The lowest BCUT2D eigenvalue weighted by Crippen LogP contribution is -2.42. The summed E-state index contributed by atoms with van der Waals surface area (Å²) in [7, 11) is 0. The van der Waals surface area contributed by atoms with Crippen LogP contribution in [0.5, 0.6) is 0 Å². The van der Waals surface area contributed by atoms with E-state index in [2.05, 4.69) is 22.4 Å². The van der Waals surface area contributed by atoms with Crippen LogP contribution in [0, 0.1) is 0 Å². The summed E-state index contributed by atoms with van der Waals surface area (Å²) in [6.07, 6.45) is 2.24. The van der Waals surface area contributed by atoms with Gasteiger partial charge < -0.3 is 15.0 Å². The van der Waals surface area contributed by atoms with E-state index in [9.17, 15) is 4.79 Å². The molecule has 1 unspecified atom stereocenters. The van der Waals surface area contributed by atoms with Crippen LogP contribution < -0.4 is 5.32 Å². The van der Waals surface area contributed by atoms with Gasteiger partial charge >= 0.3 is 0 Å². The Morgan fingerprint density at radius 3 is 2.81 bits per heavy atom. The van der Waals surface area contributed by atoms with E-state index in [1.165, 1.54) is 23.1 Å². The molecule has 6 nitrogen and oxygen atoms in total. The Morgan fingerprint density at radius 1 is 1.31 bits per heavy atom. The summed E-state index contributed by atoms with van der Waals surface area (Å²) in [4.78, 5) is 15.0. The maximum atomic E-state index is 13.1. The number of nitrogens with zero attached hydrogens (tertiary/aromatic N) is 3. The number of hydrogen-bond acceptors (Lipinski definition) is 7. The average Bonchev–Trinajstić information content (AvgIpc) is 3.15. The molecule has 8 heteroatoms. The topological polar surface area (TPSA) is 67.4 Å². The number of anilines is 1. The van der Waals surface area contributed by atoms with E-state index < -0.39 is 0 Å². The number of thioether (sulfide) groups is 1. The molecule has 0 aliphatic carbocycles. The summed E-state index contributed by atoms with van der Waals surface area (Å²) in [5, 5.41) is 12.2. The number of benzene rings is 1. The number of nitrogens with one attached hydrogen (secondary N) is 1. The molecule has 1 aromatic carbocycles. The molecule has 1 atom stereocenters. The second-order valence-corrected chi connectivity index (χ2v) is 8.33. The average molecular weight is 393 g/mol. The molecule has 2 heterocycles. The second kappa shape index (κ2) is 9.89. The fourth-order valence-corrected chi connectivity index (χ4v) is 4.69. The third-order valence-electron chi connectivity index (χ3n) is 4.08.